The van der Waals surface area contributed by atoms with Crippen LogP contribution >= 0.6 is 0 Å². The van der Waals surface area contributed by atoms with E-state index in [0.717, 1.165) is 12.8 Å². The molecule has 2 fully saturated rings. The molecule has 0 radical (unpaired) electrons. The Labute approximate surface area is 248 Å². The van der Waals surface area contributed by atoms with Crippen LogP contribution in [0.15, 0.2) is 84.9 Å². The Bertz CT molecular complexity index is 1300. The SMILES string of the molecule is CC(C)(C)[Si](OCC[C@@H]1O[C@@H]2CCCO[C@H]2C[C@@H]1OC(=O)c1ccc([N+](=O)[O-])cc1)(c1ccccc1)c1ccccc1. The molecule has 3 aromatic carbocycles. The van der Waals surface area contributed by atoms with Gasteiger partial charge in [0.15, 0.2) is 0 Å². The summed E-state index contributed by atoms with van der Waals surface area (Å²) < 4.78 is 25.6. The van der Waals surface area contributed by atoms with Crippen LogP contribution in [0.3, 0.4) is 0 Å². The Morgan fingerprint density at radius 3 is 2.14 bits per heavy atom. The van der Waals surface area contributed by atoms with Crippen LogP contribution in [0.2, 0.25) is 5.04 Å². The molecule has 0 aliphatic carbocycles. The number of esters is 1. The van der Waals surface area contributed by atoms with Gasteiger partial charge >= 0.3 is 5.97 Å². The van der Waals surface area contributed by atoms with E-state index in [4.69, 9.17) is 18.6 Å². The van der Waals surface area contributed by atoms with E-state index in [9.17, 15) is 14.9 Å². The molecule has 0 unspecified atom stereocenters. The first-order valence-corrected chi connectivity index (χ1v) is 16.6. The average molecular weight is 590 g/mol. The van der Waals surface area contributed by atoms with Crippen LogP contribution in [0, 0.1) is 10.1 Å². The second-order valence-corrected chi connectivity index (χ2v) is 16.4. The standard InChI is InChI=1S/C33H39NO7Si/c1-33(2,3)42(26-11-6-4-7-12-26,27-13-8-5-9-14-27)39-22-20-29-31(23-30-28(40-29)15-10-21-38-30)41-32(35)24-16-18-25(19-17-24)34(36)37/h4-9,11-14,16-19,28-31H,10,15,20-23H2,1-3H3/t28-,29+,30+,31+/m1/s1. The Balaban J connectivity index is 1.37. The van der Waals surface area contributed by atoms with Gasteiger partial charge in [-0.1, -0.05) is 81.4 Å². The van der Waals surface area contributed by atoms with Crippen molar-refractivity contribution < 1.29 is 28.4 Å². The smallest absolute Gasteiger partial charge is 0.338 e. The fourth-order valence-electron chi connectivity index (χ4n) is 6.27. The van der Waals surface area contributed by atoms with Gasteiger partial charge in [0, 0.05) is 31.8 Å². The van der Waals surface area contributed by atoms with Crippen molar-refractivity contribution in [3.63, 3.8) is 0 Å². The fourth-order valence-corrected chi connectivity index (χ4v) is 10.9. The van der Waals surface area contributed by atoms with Crippen molar-refractivity contribution in [3.8, 4) is 0 Å². The molecule has 8 nitrogen and oxygen atoms in total. The number of nitro benzene ring substituents is 1. The molecule has 0 saturated carbocycles. The third-order valence-corrected chi connectivity index (χ3v) is 13.4. The highest BCUT2D eigenvalue weighted by Crippen LogP contribution is 2.38. The van der Waals surface area contributed by atoms with Gasteiger partial charge in [-0.3, -0.25) is 10.1 Å². The molecule has 3 aromatic rings. The summed E-state index contributed by atoms with van der Waals surface area (Å²) in [4.78, 5) is 23.7. The molecule has 5 rings (SSSR count). The van der Waals surface area contributed by atoms with E-state index in [-0.39, 0.29) is 34.6 Å². The van der Waals surface area contributed by atoms with Crippen molar-refractivity contribution in [1.82, 2.24) is 0 Å². The zero-order chi connectivity index (χ0) is 29.7. The van der Waals surface area contributed by atoms with E-state index in [2.05, 4.69) is 69.3 Å². The number of nitrogens with zero attached hydrogens (tertiary/aromatic N) is 1. The number of fused-ring (bicyclic) bond motifs is 1. The number of carbonyl (C=O) groups is 1. The summed E-state index contributed by atoms with van der Waals surface area (Å²) in [7, 11) is -2.73. The molecule has 0 amide bonds. The monoisotopic (exact) mass is 589 g/mol. The summed E-state index contributed by atoms with van der Waals surface area (Å²) in [6.07, 6.45) is 1.83. The maximum atomic E-state index is 13.1. The molecular formula is C33H39NO7Si. The Kier molecular flexibility index (Phi) is 9.22. The molecular weight excluding hydrogens is 550 g/mol. The van der Waals surface area contributed by atoms with Gasteiger partial charge in [-0.2, -0.15) is 0 Å². The van der Waals surface area contributed by atoms with E-state index in [1.54, 1.807) is 0 Å². The molecule has 0 N–H and O–H groups in total. The largest absolute Gasteiger partial charge is 0.456 e. The zero-order valence-corrected chi connectivity index (χ0v) is 25.4. The lowest BCUT2D eigenvalue weighted by Crippen LogP contribution is -2.66. The predicted molar refractivity (Wildman–Crippen MR) is 163 cm³/mol. The first-order valence-electron chi connectivity index (χ1n) is 14.7. The van der Waals surface area contributed by atoms with Crippen LogP contribution < -0.4 is 10.4 Å². The number of nitro groups is 1. The van der Waals surface area contributed by atoms with E-state index in [1.807, 2.05) is 12.1 Å². The van der Waals surface area contributed by atoms with Crippen molar-refractivity contribution in [2.45, 2.75) is 75.9 Å². The molecule has 0 bridgehead atoms. The highest BCUT2D eigenvalue weighted by Gasteiger charge is 2.50. The lowest BCUT2D eigenvalue weighted by atomic mass is 9.92. The van der Waals surface area contributed by atoms with Crippen LogP contribution in [-0.2, 0) is 18.6 Å². The van der Waals surface area contributed by atoms with Crippen molar-refractivity contribution in [3.05, 3.63) is 101 Å². The van der Waals surface area contributed by atoms with E-state index in [1.165, 1.54) is 34.6 Å². The summed E-state index contributed by atoms with van der Waals surface area (Å²) in [6.45, 7) is 7.83. The minimum Gasteiger partial charge on any atom is -0.456 e. The molecule has 4 atom stereocenters. The highest BCUT2D eigenvalue weighted by molar-refractivity contribution is 6.99. The maximum absolute atomic E-state index is 13.1. The number of rotatable bonds is 9. The second-order valence-electron chi connectivity index (χ2n) is 12.0. The van der Waals surface area contributed by atoms with Crippen LogP contribution in [0.4, 0.5) is 5.69 Å². The van der Waals surface area contributed by atoms with Crippen molar-refractivity contribution in [1.29, 1.82) is 0 Å². The fraction of sp³-hybridized carbons (Fsp3) is 0.424. The number of carbonyl (C=O) groups excluding carboxylic acids is 1. The molecule has 2 aliphatic rings. The lowest BCUT2D eigenvalue weighted by molar-refractivity contribution is -0.384. The van der Waals surface area contributed by atoms with Gasteiger partial charge in [0.2, 0.25) is 0 Å². The van der Waals surface area contributed by atoms with Gasteiger partial charge in [0.1, 0.15) is 6.10 Å². The van der Waals surface area contributed by atoms with Gasteiger partial charge in [-0.25, -0.2) is 4.79 Å². The Hall–Kier alpha value is -3.37. The van der Waals surface area contributed by atoms with Crippen molar-refractivity contribution >= 4 is 30.3 Å². The van der Waals surface area contributed by atoms with Gasteiger partial charge in [-0.05, 0) is 46.8 Å². The maximum Gasteiger partial charge on any atom is 0.338 e. The number of benzene rings is 3. The predicted octanol–water partition coefficient (Wildman–Crippen LogP) is 5.42. The number of hydrogen-bond donors (Lipinski definition) is 0. The molecule has 0 aromatic heterocycles. The minimum absolute atomic E-state index is 0.0501. The highest BCUT2D eigenvalue weighted by atomic mass is 28.4. The Morgan fingerprint density at radius 1 is 0.952 bits per heavy atom. The van der Waals surface area contributed by atoms with Gasteiger partial charge in [-0.15, -0.1) is 0 Å². The van der Waals surface area contributed by atoms with Crippen molar-refractivity contribution in [2.24, 2.45) is 0 Å². The molecule has 42 heavy (non-hydrogen) atoms. The number of non-ortho nitro benzene ring substituents is 1. The number of ether oxygens (including phenoxy) is 3. The summed E-state index contributed by atoms with van der Waals surface area (Å²) >= 11 is 0. The Morgan fingerprint density at radius 2 is 1.57 bits per heavy atom. The normalized spacial score (nSPS) is 22.6. The lowest BCUT2D eigenvalue weighted by Gasteiger charge is -2.45. The summed E-state index contributed by atoms with van der Waals surface area (Å²) in [5, 5.41) is 13.3. The quantitative estimate of drug-likeness (QED) is 0.142. The third-order valence-electron chi connectivity index (χ3n) is 8.32. The molecule has 0 spiro atoms. The molecule has 222 valence electrons. The van der Waals surface area contributed by atoms with E-state index < -0.39 is 25.3 Å². The first kappa shape index (κ1) is 30.1. The van der Waals surface area contributed by atoms with Crippen LogP contribution in [-0.4, -0.2) is 56.8 Å². The average Bonchev–Trinajstić information content (AvgIpc) is 2.99. The topological polar surface area (TPSA) is 97.1 Å². The first-order chi connectivity index (χ1) is 20.2. The van der Waals surface area contributed by atoms with E-state index >= 15 is 0 Å². The number of hydrogen-bond acceptors (Lipinski definition) is 7. The second kappa shape index (κ2) is 12.9. The van der Waals surface area contributed by atoms with E-state index in [0.29, 0.717) is 26.1 Å². The molecule has 2 heterocycles. The molecule has 9 heteroatoms. The minimum atomic E-state index is -2.73. The summed E-state index contributed by atoms with van der Waals surface area (Å²) in [5.74, 6) is -0.536. The zero-order valence-electron chi connectivity index (χ0n) is 24.4. The van der Waals surface area contributed by atoms with Crippen molar-refractivity contribution in [2.75, 3.05) is 13.2 Å². The van der Waals surface area contributed by atoms with Gasteiger partial charge in [0.25, 0.3) is 14.0 Å². The van der Waals surface area contributed by atoms with Crippen LogP contribution in [0.25, 0.3) is 0 Å². The van der Waals surface area contributed by atoms with Crippen LogP contribution in [0.5, 0.6) is 0 Å². The third kappa shape index (κ3) is 6.34. The van der Waals surface area contributed by atoms with Gasteiger partial charge < -0.3 is 18.6 Å². The molecule has 2 saturated heterocycles. The summed E-state index contributed by atoms with van der Waals surface area (Å²) in [6, 6.07) is 26.4. The molecule has 2 aliphatic heterocycles. The summed E-state index contributed by atoms with van der Waals surface area (Å²) in [5.41, 5.74) is 0.180. The van der Waals surface area contributed by atoms with Crippen LogP contribution in [0.1, 0.15) is 56.8 Å². The van der Waals surface area contributed by atoms with Gasteiger partial charge in [0.05, 0.1) is 28.8 Å².